The highest BCUT2D eigenvalue weighted by atomic mass is 35.5. The van der Waals surface area contributed by atoms with Crippen LogP contribution in [0.5, 0.6) is 0 Å². The maximum Gasteiger partial charge on any atom is 0.416 e. The minimum Gasteiger partial charge on any atom is -0.226 e. The summed E-state index contributed by atoms with van der Waals surface area (Å²) in [5.41, 5.74) is -0.176. The Morgan fingerprint density at radius 3 is 2.44 bits per heavy atom. The standard InChI is InChI=1S/C11H5Cl2F3N2/c12-9-8(5-17-10(13)18-9)6-2-1-3-7(4-6)11(14,15)16/h1-5H. The number of halogens is 5. The van der Waals surface area contributed by atoms with E-state index >= 15 is 0 Å². The summed E-state index contributed by atoms with van der Waals surface area (Å²) in [6.45, 7) is 0. The van der Waals surface area contributed by atoms with Crippen LogP contribution < -0.4 is 0 Å². The second-order valence-electron chi connectivity index (χ2n) is 3.42. The van der Waals surface area contributed by atoms with Crippen molar-refractivity contribution in [2.24, 2.45) is 0 Å². The van der Waals surface area contributed by atoms with Crippen molar-refractivity contribution >= 4 is 23.2 Å². The zero-order valence-electron chi connectivity index (χ0n) is 8.67. The molecule has 2 rings (SSSR count). The molecule has 0 aliphatic carbocycles. The third-order valence-electron chi connectivity index (χ3n) is 2.21. The molecule has 18 heavy (non-hydrogen) atoms. The molecule has 0 saturated carbocycles. The lowest BCUT2D eigenvalue weighted by atomic mass is 10.1. The van der Waals surface area contributed by atoms with Gasteiger partial charge in [0, 0.05) is 11.8 Å². The van der Waals surface area contributed by atoms with Crippen molar-refractivity contribution in [1.29, 1.82) is 0 Å². The van der Waals surface area contributed by atoms with Crippen molar-refractivity contribution < 1.29 is 13.2 Å². The molecule has 0 N–H and O–H groups in total. The van der Waals surface area contributed by atoms with Gasteiger partial charge in [-0.05, 0) is 29.3 Å². The lowest BCUT2D eigenvalue weighted by molar-refractivity contribution is -0.137. The van der Waals surface area contributed by atoms with Crippen LogP contribution in [0.4, 0.5) is 13.2 Å². The predicted octanol–water partition coefficient (Wildman–Crippen LogP) is 4.47. The lowest BCUT2D eigenvalue weighted by Crippen LogP contribution is -2.04. The molecule has 0 amide bonds. The van der Waals surface area contributed by atoms with E-state index in [1.54, 1.807) is 0 Å². The van der Waals surface area contributed by atoms with Gasteiger partial charge in [0.2, 0.25) is 5.28 Å². The van der Waals surface area contributed by atoms with E-state index in [2.05, 4.69) is 9.97 Å². The highest BCUT2D eigenvalue weighted by Crippen LogP contribution is 2.33. The van der Waals surface area contributed by atoms with E-state index in [1.807, 2.05) is 0 Å². The summed E-state index contributed by atoms with van der Waals surface area (Å²) in [6, 6.07) is 4.75. The number of rotatable bonds is 1. The molecule has 0 radical (unpaired) electrons. The molecule has 1 heterocycles. The first-order chi connectivity index (χ1) is 8.38. The summed E-state index contributed by atoms with van der Waals surface area (Å²) in [5.74, 6) is 0. The van der Waals surface area contributed by atoms with Gasteiger partial charge in [-0.2, -0.15) is 13.2 Å². The molecular formula is C11H5Cl2F3N2. The van der Waals surface area contributed by atoms with E-state index in [0.29, 0.717) is 5.56 Å². The van der Waals surface area contributed by atoms with Crippen molar-refractivity contribution in [2.75, 3.05) is 0 Å². The van der Waals surface area contributed by atoms with Crippen molar-refractivity contribution in [3.8, 4) is 11.1 Å². The van der Waals surface area contributed by atoms with Crippen molar-refractivity contribution in [3.63, 3.8) is 0 Å². The molecule has 0 spiro atoms. The van der Waals surface area contributed by atoms with Crippen molar-refractivity contribution in [1.82, 2.24) is 9.97 Å². The Balaban J connectivity index is 2.51. The zero-order valence-corrected chi connectivity index (χ0v) is 10.2. The molecule has 0 aliphatic heterocycles. The molecule has 2 nitrogen and oxygen atoms in total. The summed E-state index contributed by atoms with van der Waals surface area (Å²) < 4.78 is 37.7. The van der Waals surface area contributed by atoms with Gasteiger partial charge in [-0.15, -0.1) is 0 Å². The SMILES string of the molecule is FC(F)(F)c1cccc(-c2cnc(Cl)nc2Cl)c1. The highest BCUT2D eigenvalue weighted by molar-refractivity contribution is 6.33. The van der Waals surface area contributed by atoms with Gasteiger partial charge in [-0.25, -0.2) is 9.97 Å². The van der Waals surface area contributed by atoms with E-state index < -0.39 is 11.7 Å². The summed E-state index contributed by atoms with van der Waals surface area (Å²) in [4.78, 5) is 7.38. The van der Waals surface area contributed by atoms with Crippen LogP contribution in [-0.4, -0.2) is 9.97 Å². The maximum absolute atomic E-state index is 12.6. The van der Waals surface area contributed by atoms with E-state index in [9.17, 15) is 13.2 Å². The fraction of sp³-hybridized carbons (Fsp3) is 0.0909. The van der Waals surface area contributed by atoms with Gasteiger partial charge in [0.25, 0.3) is 0 Å². The Hall–Kier alpha value is -1.33. The van der Waals surface area contributed by atoms with Gasteiger partial charge in [0.05, 0.1) is 5.56 Å². The summed E-state index contributed by atoms with van der Waals surface area (Å²) in [5, 5.41) is -0.0509. The molecule has 0 atom stereocenters. The van der Waals surface area contributed by atoms with Crippen molar-refractivity contribution in [3.05, 3.63) is 46.5 Å². The molecule has 0 fully saturated rings. The molecule has 2 aromatic rings. The number of alkyl halides is 3. The van der Waals surface area contributed by atoms with Crippen LogP contribution in [0.1, 0.15) is 5.56 Å². The summed E-state index contributed by atoms with van der Waals surface area (Å²) in [7, 11) is 0. The minimum atomic E-state index is -4.41. The molecule has 0 saturated heterocycles. The largest absolute Gasteiger partial charge is 0.416 e. The minimum absolute atomic E-state index is 0.00863. The first-order valence-corrected chi connectivity index (χ1v) is 5.49. The maximum atomic E-state index is 12.6. The van der Waals surface area contributed by atoms with E-state index in [0.717, 1.165) is 12.1 Å². The van der Waals surface area contributed by atoms with E-state index in [4.69, 9.17) is 23.2 Å². The number of aromatic nitrogens is 2. The van der Waals surface area contributed by atoms with Crippen LogP contribution in [0, 0.1) is 0 Å². The Bertz CT molecular complexity index is 585. The fourth-order valence-electron chi connectivity index (χ4n) is 1.40. The number of benzene rings is 1. The topological polar surface area (TPSA) is 25.8 Å². The number of hydrogen-bond donors (Lipinski definition) is 0. The average Bonchev–Trinajstić information content (AvgIpc) is 2.28. The zero-order chi connectivity index (χ0) is 13.3. The van der Waals surface area contributed by atoms with Gasteiger partial charge < -0.3 is 0 Å². The third kappa shape index (κ3) is 2.73. The molecule has 0 bridgehead atoms. The van der Waals surface area contributed by atoms with Gasteiger partial charge in [0.15, 0.2) is 0 Å². The normalized spacial score (nSPS) is 11.6. The van der Waals surface area contributed by atoms with Gasteiger partial charge in [0.1, 0.15) is 5.15 Å². The average molecular weight is 293 g/mol. The summed E-state index contributed by atoms with van der Waals surface area (Å²) in [6.07, 6.45) is -3.12. The van der Waals surface area contributed by atoms with Crippen LogP contribution in [0.2, 0.25) is 10.4 Å². The number of hydrogen-bond acceptors (Lipinski definition) is 2. The lowest BCUT2D eigenvalue weighted by Gasteiger charge is -2.09. The fourth-order valence-corrected chi connectivity index (χ4v) is 1.81. The highest BCUT2D eigenvalue weighted by Gasteiger charge is 2.30. The first kappa shape index (κ1) is 13.1. The molecule has 7 heteroatoms. The Morgan fingerprint density at radius 2 is 1.83 bits per heavy atom. The second kappa shape index (κ2) is 4.74. The molecular weight excluding hydrogens is 288 g/mol. The first-order valence-electron chi connectivity index (χ1n) is 4.73. The van der Waals surface area contributed by atoms with Crippen LogP contribution in [0.15, 0.2) is 30.5 Å². The molecule has 94 valence electrons. The quantitative estimate of drug-likeness (QED) is 0.572. The van der Waals surface area contributed by atoms with Gasteiger partial charge in [-0.3, -0.25) is 0 Å². The van der Waals surface area contributed by atoms with Crippen molar-refractivity contribution in [2.45, 2.75) is 6.18 Å². The third-order valence-corrected chi connectivity index (χ3v) is 2.68. The summed E-state index contributed by atoms with van der Waals surface area (Å²) >= 11 is 11.3. The number of nitrogens with zero attached hydrogens (tertiary/aromatic N) is 2. The second-order valence-corrected chi connectivity index (χ2v) is 4.12. The van der Waals surface area contributed by atoms with Crippen LogP contribution in [-0.2, 0) is 6.18 Å². The van der Waals surface area contributed by atoms with E-state index in [1.165, 1.54) is 18.3 Å². The molecule has 1 aromatic heterocycles. The van der Waals surface area contributed by atoms with Crippen LogP contribution in [0.3, 0.4) is 0 Å². The smallest absolute Gasteiger partial charge is 0.226 e. The monoisotopic (exact) mass is 292 g/mol. The van der Waals surface area contributed by atoms with E-state index in [-0.39, 0.29) is 16.0 Å². The van der Waals surface area contributed by atoms with Gasteiger partial charge >= 0.3 is 6.18 Å². The van der Waals surface area contributed by atoms with Crippen LogP contribution >= 0.6 is 23.2 Å². The predicted molar refractivity (Wildman–Crippen MR) is 62.5 cm³/mol. The van der Waals surface area contributed by atoms with Gasteiger partial charge in [-0.1, -0.05) is 23.7 Å². The van der Waals surface area contributed by atoms with Crippen LogP contribution in [0.25, 0.3) is 11.1 Å². The Kier molecular flexibility index (Phi) is 3.45. The molecule has 0 aliphatic rings. The molecule has 1 aromatic carbocycles. The molecule has 0 unspecified atom stereocenters. The Labute approximate surface area is 110 Å². The Morgan fingerprint density at radius 1 is 1.11 bits per heavy atom.